The van der Waals surface area contributed by atoms with Gasteiger partial charge in [0.1, 0.15) is 11.5 Å². The molecule has 0 radical (unpaired) electrons. The third-order valence-corrected chi connectivity index (χ3v) is 6.31. The minimum atomic E-state index is -1.12. The first-order valence-corrected chi connectivity index (χ1v) is 10.3. The molecule has 3 aromatic rings. The van der Waals surface area contributed by atoms with Crippen LogP contribution in [0.15, 0.2) is 60.0 Å². The molecule has 1 N–H and O–H groups in total. The second-order valence-corrected chi connectivity index (χ2v) is 8.05. The van der Waals surface area contributed by atoms with Gasteiger partial charge in [-0.2, -0.15) is 0 Å². The van der Waals surface area contributed by atoms with E-state index < -0.39 is 5.54 Å². The van der Waals surface area contributed by atoms with Crippen LogP contribution in [0.3, 0.4) is 0 Å². The number of ether oxygens (including phenoxy) is 2. The van der Waals surface area contributed by atoms with Gasteiger partial charge in [-0.05, 0) is 42.6 Å². The molecule has 2 heterocycles. The third kappa shape index (κ3) is 3.21. The Morgan fingerprint density at radius 3 is 2.47 bits per heavy atom. The summed E-state index contributed by atoms with van der Waals surface area (Å²) in [7, 11) is 3.10. The van der Waals surface area contributed by atoms with Crippen molar-refractivity contribution in [1.82, 2.24) is 0 Å². The number of carbonyl (C=O) groups is 2. The van der Waals surface area contributed by atoms with Crippen LogP contribution in [0.5, 0.6) is 11.5 Å². The molecule has 1 aliphatic heterocycles. The highest BCUT2D eigenvalue weighted by Crippen LogP contribution is 2.47. The number of nitrogens with one attached hydrogen (secondary N) is 1. The van der Waals surface area contributed by atoms with Crippen molar-refractivity contribution in [1.29, 1.82) is 0 Å². The second-order valence-electron chi connectivity index (χ2n) is 7.10. The Labute approximate surface area is 179 Å². The third-order valence-electron chi connectivity index (χ3n) is 5.29. The van der Waals surface area contributed by atoms with Crippen LogP contribution in [0.4, 0.5) is 11.4 Å². The van der Waals surface area contributed by atoms with E-state index in [1.807, 2.05) is 48.7 Å². The van der Waals surface area contributed by atoms with Gasteiger partial charge < -0.3 is 14.8 Å². The van der Waals surface area contributed by atoms with Gasteiger partial charge in [0.15, 0.2) is 5.54 Å². The molecule has 0 bridgehead atoms. The van der Waals surface area contributed by atoms with Gasteiger partial charge in [0.05, 0.1) is 26.3 Å². The first-order valence-electron chi connectivity index (χ1n) is 9.47. The number of methoxy groups -OCH3 is 2. The summed E-state index contributed by atoms with van der Waals surface area (Å²) >= 11 is 1.46. The summed E-state index contributed by atoms with van der Waals surface area (Å²) in [5.74, 6) is 0.714. The molecule has 1 atom stereocenters. The average molecular weight is 423 g/mol. The monoisotopic (exact) mass is 422 g/mol. The summed E-state index contributed by atoms with van der Waals surface area (Å²) in [6.45, 7) is 1.98. The summed E-state index contributed by atoms with van der Waals surface area (Å²) < 4.78 is 10.7. The molecule has 7 heteroatoms. The zero-order valence-electron chi connectivity index (χ0n) is 17.0. The summed E-state index contributed by atoms with van der Waals surface area (Å²) in [6.07, 6.45) is 0.0967. The van der Waals surface area contributed by atoms with E-state index in [1.54, 1.807) is 30.2 Å². The highest BCUT2D eigenvalue weighted by molar-refractivity contribution is 7.10. The van der Waals surface area contributed by atoms with Crippen LogP contribution in [0.25, 0.3) is 0 Å². The van der Waals surface area contributed by atoms with Crippen molar-refractivity contribution in [3.05, 3.63) is 70.4 Å². The Hall–Kier alpha value is -3.32. The van der Waals surface area contributed by atoms with E-state index >= 15 is 0 Å². The number of carbonyl (C=O) groups excluding carboxylic acids is 2. The summed E-state index contributed by atoms with van der Waals surface area (Å²) in [5, 5.41) is 4.88. The predicted octanol–water partition coefficient (Wildman–Crippen LogP) is 4.34. The Kier molecular flexibility index (Phi) is 5.22. The topological polar surface area (TPSA) is 67.9 Å². The predicted molar refractivity (Wildman–Crippen MR) is 117 cm³/mol. The number of amides is 2. The van der Waals surface area contributed by atoms with Crippen LogP contribution >= 0.6 is 11.3 Å². The molecule has 0 saturated carbocycles. The molecule has 4 rings (SSSR count). The first kappa shape index (κ1) is 20.0. The molecule has 30 heavy (non-hydrogen) atoms. The van der Waals surface area contributed by atoms with E-state index in [-0.39, 0.29) is 18.2 Å². The highest BCUT2D eigenvalue weighted by Gasteiger charge is 2.59. The van der Waals surface area contributed by atoms with Gasteiger partial charge in [-0.1, -0.05) is 23.8 Å². The summed E-state index contributed by atoms with van der Waals surface area (Å²) in [5.41, 5.74) is 1.15. The highest BCUT2D eigenvalue weighted by atomic mass is 32.1. The number of hydrogen-bond donors (Lipinski definition) is 1. The van der Waals surface area contributed by atoms with Crippen LogP contribution < -0.4 is 19.7 Å². The van der Waals surface area contributed by atoms with Crippen LogP contribution in [-0.2, 0) is 15.1 Å². The Balaban J connectivity index is 1.76. The van der Waals surface area contributed by atoms with Gasteiger partial charge in [0.25, 0.3) is 5.91 Å². The molecule has 1 aromatic heterocycles. The molecule has 2 aromatic carbocycles. The molecule has 0 spiro atoms. The molecule has 1 saturated heterocycles. The molecule has 1 fully saturated rings. The summed E-state index contributed by atoms with van der Waals surface area (Å²) in [4.78, 5) is 28.8. The molecule has 2 amide bonds. The number of hydrogen-bond acceptors (Lipinski definition) is 5. The van der Waals surface area contributed by atoms with E-state index in [0.717, 1.165) is 10.4 Å². The van der Waals surface area contributed by atoms with Crippen LogP contribution in [0.1, 0.15) is 16.9 Å². The summed E-state index contributed by atoms with van der Waals surface area (Å²) in [6, 6.07) is 16.6. The number of anilines is 2. The maximum atomic E-state index is 13.7. The maximum Gasteiger partial charge on any atom is 0.256 e. The minimum Gasteiger partial charge on any atom is -0.497 e. The molecule has 154 valence electrons. The SMILES string of the molecule is COc1ccc(OC)c(NC(=O)C2(c3cccs3)CC(=O)N2c2ccc(C)cc2)c1. The van der Waals surface area contributed by atoms with E-state index in [2.05, 4.69) is 5.32 Å². The Morgan fingerprint density at radius 2 is 1.87 bits per heavy atom. The number of thiophene rings is 1. The second kappa shape index (κ2) is 7.84. The number of β-lactam (4-membered cyclic amide) rings is 1. The van der Waals surface area contributed by atoms with E-state index in [4.69, 9.17) is 9.47 Å². The lowest BCUT2D eigenvalue weighted by Gasteiger charge is -2.49. The van der Waals surface area contributed by atoms with Crippen molar-refractivity contribution in [2.45, 2.75) is 18.9 Å². The molecule has 0 aliphatic carbocycles. The Bertz CT molecular complexity index is 1080. The first-order chi connectivity index (χ1) is 14.5. The molecule has 6 nitrogen and oxygen atoms in total. The van der Waals surface area contributed by atoms with Gasteiger partial charge >= 0.3 is 0 Å². The number of benzene rings is 2. The van der Waals surface area contributed by atoms with E-state index in [0.29, 0.717) is 22.9 Å². The van der Waals surface area contributed by atoms with Crippen molar-refractivity contribution in [2.75, 3.05) is 24.4 Å². The lowest BCUT2D eigenvalue weighted by atomic mass is 9.80. The maximum absolute atomic E-state index is 13.7. The van der Waals surface area contributed by atoms with E-state index in [9.17, 15) is 9.59 Å². The fraction of sp³-hybridized carbons (Fsp3) is 0.217. The molecular weight excluding hydrogens is 400 g/mol. The van der Waals surface area contributed by atoms with Gasteiger partial charge in [-0.25, -0.2) is 0 Å². The largest absolute Gasteiger partial charge is 0.497 e. The average Bonchev–Trinajstić information content (AvgIpc) is 3.28. The molecular formula is C23H22N2O4S. The van der Waals surface area contributed by atoms with Crippen molar-refractivity contribution in [2.24, 2.45) is 0 Å². The van der Waals surface area contributed by atoms with Crippen molar-refractivity contribution >= 4 is 34.5 Å². The molecule has 1 aliphatic rings. The van der Waals surface area contributed by atoms with Crippen LogP contribution in [-0.4, -0.2) is 26.0 Å². The number of aryl methyl sites for hydroxylation is 1. The normalized spacial score (nSPS) is 18.0. The van der Waals surface area contributed by atoms with Gasteiger partial charge in [-0.15, -0.1) is 11.3 Å². The Morgan fingerprint density at radius 1 is 1.10 bits per heavy atom. The number of nitrogens with zero attached hydrogens (tertiary/aromatic N) is 1. The lowest BCUT2D eigenvalue weighted by molar-refractivity contribution is -0.137. The molecule has 1 unspecified atom stereocenters. The minimum absolute atomic E-state index is 0.0967. The zero-order valence-corrected chi connectivity index (χ0v) is 17.8. The number of rotatable bonds is 6. The van der Waals surface area contributed by atoms with Crippen molar-refractivity contribution in [3.63, 3.8) is 0 Å². The van der Waals surface area contributed by atoms with Gasteiger partial charge in [0.2, 0.25) is 5.91 Å². The van der Waals surface area contributed by atoms with Gasteiger partial charge in [-0.3, -0.25) is 14.5 Å². The quantitative estimate of drug-likeness (QED) is 0.600. The smallest absolute Gasteiger partial charge is 0.256 e. The lowest BCUT2D eigenvalue weighted by Crippen LogP contribution is -2.67. The fourth-order valence-corrected chi connectivity index (χ4v) is 4.61. The fourth-order valence-electron chi connectivity index (χ4n) is 3.70. The van der Waals surface area contributed by atoms with Crippen molar-refractivity contribution in [3.8, 4) is 11.5 Å². The van der Waals surface area contributed by atoms with Crippen LogP contribution in [0.2, 0.25) is 0 Å². The van der Waals surface area contributed by atoms with Crippen molar-refractivity contribution < 1.29 is 19.1 Å². The zero-order chi connectivity index (χ0) is 21.3. The van der Waals surface area contributed by atoms with E-state index in [1.165, 1.54) is 18.4 Å². The van der Waals surface area contributed by atoms with Crippen LogP contribution in [0, 0.1) is 6.92 Å². The standard InChI is InChI=1S/C23H22N2O4S/c1-15-6-8-16(9-7-15)25-21(26)14-23(25,20-5-4-12-30-20)22(27)24-18-13-17(28-2)10-11-19(18)29-3/h4-13H,14H2,1-3H3,(H,24,27). The van der Waals surface area contributed by atoms with Gasteiger partial charge in [0, 0.05) is 16.6 Å².